The van der Waals surface area contributed by atoms with Crippen molar-refractivity contribution in [3.05, 3.63) is 35.6 Å². The molecule has 8 heteroatoms. The van der Waals surface area contributed by atoms with E-state index in [-0.39, 0.29) is 59.5 Å². The zero-order chi connectivity index (χ0) is 23.0. The van der Waals surface area contributed by atoms with Crippen LogP contribution in [0.1, 0.15) is 38.7 Å². The number of halogens is 1. The Morgan fingerprint density at radius 2 is 2.16 bits per heavy atom. The number of aldehydes is 1. The van der Waals surface area contributed by atoms with Crippen molar-refractivity contribution in [1.82, 2.24) is 15.5 Å². The molecule has 0 bridgehead atoms. The number of hydrogen-bond acceptors (Lipinski definition) is 4. The Hall–Kier alpha value is -2.77. The first-order chi connectivity index (χ1) is 15.2. The normalized spacial score (nSPS) is 28.6. The summed E-state index contributed by atoms with van der Waals surface area (Å²) in [7, 11) is 0. The SMILES string of the molecule is CC1(C)[C@@H]2C(C(=O)N[C@H](C=O)C[C@@H]3CCNC3=O)N(C(=O)CCc3cccc(F)c3)C[C@@H]21. The Morgan fingerprint density at radius 1 is 1.38 bits per heavy atom. The molecular weight excluding hydrogens is 413 g/mol. The van der Waals surface area contributed by atoms with E-state index in [4.69, 9.17) is 0 Å². The van der Waals surface area contributed by atoms with Gasteiger partial charge in [-0.05, 0) is 54.2 Å². The molecular formula is C24H30FN3O4. The standard InChI is InChI=1S/C24H30FN3O4/c1-24(2)18-12-28(19(30)7-6-14-4-3-5-16(25)10-14)21(20(18)24)23(32)27-17(13-29)11-15-8-9-26-22(15)31/h3-5,10,13,15,17-18,20-21H,6-9,11-12H2,1-2H3,(H,26,31)(H,27,32)/t15-,17-,18-,20-,21?/m0/s1. The summed E-state index contributed by atoms with van der Waals surface area (Å²) in [6.07, 6.45) is 2.16. The van der Waals surface area contributed by atoms with E-state index >= 15 is 0 Å². The van der Waals surface area contributed by atoms with Gasteiger partial charge in [0.1, 0.15) is 18.1 Å². The van der Waals surface area contributed by atoms with E-state index in [1.165, 1.54) is 12.1 Å². The fraction of sp³-hybridized carbons (Fsp3) is 0.583. The highest BCUT2D eigenvalue weighted by Crippen LogP contribution is 2.64. The molecule has 0 spiro atoms. The topological polar surface area (TPSA) is 95.6 Å². The summed E-state index contributed by atoms with van der Waals surface area (Å²) in [6.45, 7) is 5.28. The Bertz CT molecular complexity index is 934. The maximum Gasteiger partial charge on any atom is 0.243 e. The van der Waals surface area contributed by atoms with Gasteiger partial charge in [0, 0.05) is 25.4 Å². The van der Waals surface area contributed by atoms with Gasteiger partial charge in [-0.1, -0.05) is 26.0 Å². The van der Waals surface area contributed by atoms with Gasteiger partial charge in [-0.25, -0.2) is 4.39 Å². The Kier molecular flexibility index (Phi) is 6.05. The molecule has 3 amide bonds. The average molecular weight is 444 g/mol. The lowest BCUT2D eigenvalue weighted by Gasteiger charge is -2.31. The Morgan fingerprint density at radius 3 is 2.81 bits per heavy atom. The zero-order valence-corrected chi connectivity index (χ0v) is 18.5. The minimum absolute atomic E-state index is 0.0383. The molecule has 3 aliphatic rings. The number of aryl methyl sites for hydroxylation is 1. The van der Waals surface area contributed by atoms with Crippen LogP contribution in [-0.2, 0) is 25.6 Å². The number of piperidine rings is 1. The van der Waals surface area contributed by atoms with Gasteiger partial charge in [0.05, 0.1) is 6.04 Å². The first-order valence-corrected chi connectivity index (χ1v) is 11.3. The van der Waals surface area contributed by atoms with E-state index < -0.39 is 12.1 Å². The lowest BCUT2D eigenvalue weighted by Crippen LogP contribution is -2.52. The number of nitrogens with one attached hydrogen (secondary N) is 2. The van der Waals surface area contributed by atoms with E-state index in [0.717, 1.165) is 5.56 Å². The van der Waals surface area contributed by atoms with Gasteiger partial charge in [-0.15, -0.1) is 0 Å². The molecule has 1 unspecified atom stereocenters. The van der Waals surface area contributed by atoms with Gasteiger partial charge in [-0.3, -0.25) is 14.4 Å². The van der Waals surface area contributed by atoms with Crippen molar-refractivity contribution in [3.63, 3.8) is 0 Å². The molecule has 3 fully saturated rings. The van der Waals surface area contributed by atoms with E-state index in [1.54, 1.807) is 17.0 Å². The zero-order valence-electron chi connectivity index (χ0n) is 18.5. The monoisotopic (exact) mass is 443 g/mol. The van der Waals surface area contributed by atoms with E-state index in [2.05, 4.69) is 24.5 Å². The minimum Gasteiger partial charge on any atom is -0.356 e. The third-order valence-corrected chi connectivity index (χ3v) is 7.51. The summed E-state index contributed by atoms with van der Waals surface area (Å²) in [5, 5.41) is 5.53. The average Bonchev–Trinajstić information content (AvgIpc) is 3.12. The van der Waals surface area contributed by atoms with Gasteiger partial charge in [0.2, 0.25) is 17.7 Å². The molecule has 0 radical (unpaired) electrons. The maximum absolute atomic E-state index is 13.4. The molecule has 4 rings (SSSR count). The van der Waals surface area contributed by atoms with Crippen molar-refractivity contribution in [2.75, 3.05) is 13.1 Å². The van der Waals surface area contributed by atoms with E-state index in [1.807, 2.05) is 0 Å². The highest BCUT2D eigenvalue weighted by atomic mass is 19.1. The van der Waals surface area contributed by atoms with Crippen molar-refractivity contribution in [2.24, 2.45) is 23.2 Å². The first kappa shape index (κ1) is 22.4. The number of fused-ring (bicyclic) bond motifs is 1. The summed E-state index contributed by atoms with van der Waals surface area (Å²) in [6, 6.07) is 4.77. The number of rotatable bonds is 8. The molecule has 172 valence electrons. The van der Waals surface area contributed by atoms with Crippen LogP contribution in [0.4, 0.5) is 4.39 Å². The van der Waals surface area contributed by atoms with Gasteiger partial charge in [0.25, 0.3) is 0 Å². The van der Waals surface area contributed by atoms with Crippen LogP contribution >= 0.6 is 0 Å². The number of carbonyl (C=O) groups is 4. The lowest BCUT2D eigenvalue weighted by molar-refractivity contribution is -0.141. The summed E-state index contributed by atoms with van der Waals surface area (Å²) in [5.41, 5.74) is 0.698. The predicted molar refractivity (Wildman–Crippen MR) is 115 cm³/mol. The molecule has 1 aromatic rings. The fourth-order valence-corrected chi connectivity index (χ4v) is 5.52. The molecule has 7 nitrogen and oxygen atoms in total. The second kappa shape index (κ2) is 8.64. The van der Waals surface area contributed by atoms with Crippen LogP contribution in [0.15, 0.2) is 24.3 Å². The van der Waals surface area contributed by atoms with Crippen molar-refractivity contribution < 1.29 is 23.6 Å². The van der Waals surface area contributed by atoms with Gasteiger partial charge in [0.15, 0.2) is 0 Å². The molecule has 2 aliphatic heterocycles. The molecule has 32 heavy (non-hydrogen) atoms. The van der Waals surface area contributed by atoms with Crippen LogP contribution in [0.5, 0.6) is 0 Å². The first-order valence-electron chi connectivity index (χ1n) is 11.3. The quantitative estimate of drug-likeness (QED) is 0.595. The largest absolute Gasteiger partial charge is 0.356 e. The Labute approximate surface area is 187 Å². The van der Waals surface area contributed by atoms with Crippen LogP contribution in [-0.4, -0.2) is 54.1 Å². The van der Waals surface area contributed by atoms with Crippen molar-refractivity contribution in [3.8, 4) is 0 Å². The van der Waals surface area contributed by atoms with Crippen molar-refractivity contribution in [2.45, 2.75) is 51.6 Å². The number of carbonyl (C=O) groups excluding carboxylic acids is 4. The second-order valence-corrected chi connectivity index (χ2v) is 9.84. The molecule has 2 N–H and O–H groups in total. The van der Waals surface area contributed by atoms with Crippen molar-refractivity contribution in [1.29, 1.82) is 0 Å². The third-order valence-electron chi connectivity index (χ3n) is 7.51. The van der Waals surface area contributed by atoms with Gasteiger partial charge in [-0.2, -0.15) is 0 Å². The second-order valence-electron chi connectivity index (χ2n) is 9.84. The molecule has 1 aromatic carbocycles. The summed E-state index contributed by atoms with van der Waals surface area (Å²) in [4.78, 5) is 51.3. The summed E-state index contributed by atoms with van der Waals surface area (Å²) < 4.78 is 13.4. The molecule has 2 heterocycles. The predicted octanol–water partition coefficient (Wildman–Crippen LogP) is 1.45. The van der Waals surface area contributed by atoms with E-state index in [9.17, 15) is 23.6 Å². The van der Waals surface area contributed by atoms with Crippen molar-refractivity contribution >= 4 is 24.0 Å². The molecule has 1 aliphatic carbocycles. The summed E-state index contributed by atoms with van der Waals surface area (Å²) >= 11 is 0. The molecule has 5 atom stereocenters. The Balaban J connectivity index is 1.41. The highest BCUT2D eigenvalue weighted by molar-refractivity contribution is 5.91. The number of hydrogen-bond donors (Lipinski definition) is 2. The fourth-order valence-electron chi connectivity index (χ4n) is 5.52. The highest BCUT2D eigenvalue weighted by Gasteiger charge is 2.69. The number of benzene rings is 1. The van der Waals surface area contributed by atoms with Crippen LogP contribution < -0.4 is 10.6 Å². The van der Waals surface area contributed by atoms with Gasteiger partial charge >= 0.3 is 0 Å². The smallest absolute Gasteiger partial charge is 0.243 e. The van der Waals surface area contributed by atoms with E-state index in [0.29, 0.717) is 32.2 Å². The molecule has 0 aromatic heterocycles. The van der Waals surface area contributed by atoms with Crippen LogP contribution in [0.25, 0.3) is 0 Å². The maximum atomic E-state index is 13.4. The third kappa shape index (κ3) is 4.27. The molecule has 1 saturated carbocycles. The lowest BCUT2D eigenvalue weighted by atomic mass is 9.97. The number of nitrogens with zero attached hydrogens (tertiary/aromatic N) is 1. The van der Waals surface area contributed by atoms with Crippen LogP contribution in [0, 0.1) is 29.0 Å². The van der Waals surface area contributed by atoms with Gasteiger partial charge < -0.3 is 20.3 Å². The molecule has 2 saturated heterocycles. The van der Waals surface area contributed by atoms with Crippen LogP contribution in [0.3, 0.4) is 0 Å². The number of likely N-dealkylation sites (tertiary alicyclic amines) is 1. The number of amides is 3. The minimum atomic E-state index is -0.762. The van der Waals surface area contributed by atoms with Crippen LogP contribution in [0.2, 0.25) is 0 Å². The summed E-state index contributed by atoms with van der Waals surface area (Å²) in [5.74, 6) is -0.915.